The first-order chi connectivity index (χ1) is 3.56. The van der Waals surface area contributed by atoms with Gasteiger partial charge >= 0.3 is 10.4 Å². The lowest BCUT2D eigenvalue weighted by atomic mass is 14.9. The molecular formula is H2O6S2. The first-order valence-electron chi connectivity index (χ1n) is 1.20. The van der Waals surface area contributed by atoms with Crippen LogP contribution < -0.4 is 0 Å². The highest BCUT2D eigenvalue weighted by atomic mass is 32.3. The van der Waals surface area contributed by atoms with Gasteiger partial charge in [-0.2, -0.15) is 8.42 Å². The fourth-order valence-corrected chi connectivity index (χ4v) is 0.428. The molecule has 0 atom stereocenters. The van der Waals surface area contributed by atoms with E-state index >= 15 is 0 Å². The van der Waals surface area contributed by atoms with Crippen molar-refractivity contribution in [1.29, 1.82) is 0 Å². The van der Waals surface area contributed by atoms with Crippen molar-refractivity contribution in [2.75, 3.05) is 0 Å². The minimum atomic E-state index is -4.59. The van der Waals surface area contributed by atoms with Crippen LogP contribution in [0.4, 0.5) is 0 Å². The van der Waals surface area contributed by atoms with E-state index in [0.29, 0.717) is 0 Å². The Kier molecular flexibility index (Phi) is 3.28. The summed E-state index contributed by atoms with van der Waals surface area (Å²) in [5.74, 6) is 0. The Bertz CT molecular complexity index is 131. The van der Waals surface area contributed by atoms with Gasteiger partial charge in [0.15, 0.2) is 12.3 Å². The third-order valence-corrected chi connectivity index (χ3v) is 0.599. The van der Waals surface area contributed by atoms with Crippen LogP contribution in [0.2, 0.25) is 0 Å². The monoisotopic (exact) mass is 162 g/mol. The Balaban J connectivity index is 3.42. The summed E-state index contributed by atoms with van der Waals surface area (Å²) in [6.07, 6.45) is 0. The van der Waals surface area contributed by atoms with Gasteiger partial charge in [0.2, 0.25) is 0 Å². The van der Waals surface area contributed by atoms with Crippen molar-refractivity contribution >= 4 is 22.7 Å². The highest BCUT2D eigenvalue weighted by Gasteiger charge is 2.03. The van der Waals surface area contributed by atoms with Crippen molar-refractivity contribution < 1.29 is 26.2 Å². The molecule has 0 aromatic carbocycles. The Morgan fingerprint density at radius 2 is 2.00 bits per heavy atom. The molecular weight excluding hydrogens is 160 g/mol. The third kappa shape index (κ3) is 6.14. The fourth-order valence-electron chi connectivity index (χ4n) is 0.0475. The first kappa shape index (κ1) is 8.14. The minimum absolute atomic E-state index is 0.333. The maximum absolute atomic E-state index is 9.47. The van der Waals surface area contributed by atoms with Crippen molar-refractivity contribution in [3.63, 3.8) is 0 Å². The quantitative estimate of drug-likeness (QED) is 0.258. The maximum Gasteiger partial charge on any atom is 0.425 e. The van der Waals surface area contributed by atoms with Crippen molar-refractivity contribution in [2.24, 2.45) is 0 Å². The second-order valence-electron chi connectivity index (χ2n) is 0.638. The average molecular weight is 162 g/mol. The van der Waals surface area contributed by atoms with Gasteiger partial charge in [0.1, 0.15) is 0 Å². The smallest absolute Gasteiger partial charge is 0.305 e. The Hall–Kier alpha value is 0.140. The molecule has 0 rings (SSSR count). The second-order valence-corrected chi connectivity index (χ2v) is 1.92. The summed E-state index contributed by atoms with van der Waals surface area (Å²) in [6.45, 7) is 0. The second kappa shape index (κ2) is 3.22. The largest absolute Gasteiger partial charge is 0.425 e. The Labute approximate surface area is 49.7 Å². The normalized spacial score (nSPS) is 11.8. The first-order valence-corrected chi connectivity index (χ1v) is 3.26. The molecule has 0 aromatic heterocycles. The van der Waals surface area contributed by atoms with E-state index in [-0.39, 0.29) is 12.3 Å². The van der Waals surface area contributed by atoms with E-state index in [0.717, 1.165) is 0 Å². The third-order valence-electron chi connectivity index (χ3n) is 0.144. The minimum Gasteiger partial charge on any atom is -0.305 e. The molecule has 0 saturated carbocycles. The lowest BCUT2D eigenvalue weighted by molar-refractivity contribution is -0.0870. The van der Waals surface area contributed by atoms with Crippen LogP contribution in [0.15, 0.2) is 0 Å². The van der Waals surface area contributed by atoms with Crippen LogP contribution in [-0.4, -0.2) is 17.5 Å². The SMILES string of the molecule is O=S(=O)(O)OOSO. The zero-order chi connectivity index (χ0) is 6.62. The van der Waals surface area contributed by atoms with E-state index in [1.54, 1.807) is 0 Å². The molecule has 6 nitrogen and oxygen atoms in total. The predicted molar refractivity (Wildman–Crippen MR) is 23.9 cm³/mol. The van der Waals surface area contributed by atoms with Crippen molar-refractivity contribution in [3.8, 4) is 0 Å². The van der Waals surface area contributed by atoms with E-state index in [1.165, 1.54) is 0 Å². The Morgan fingerprint density at radius 1 is 1.50 bits per heavy atom. The van der Waals surface area contributed by atoms with Crippen LogP contribution >= 0.6 is 12.3 Å². The van der Waals surface area contributed by atoms with Crippen LogP contribution in [-0.2, 0) is 19.1 Å². The Morgan fingerprint density at radius 3 is 2.12 bits per heavy atom. The predicted octanol–water partition coefficient (Wildman–Crippen LogP) is -0.141. The molecule has 0 spiro atoms. The number of rotatable bonds is 3. The molecule has 0 heterocycles. The molecule has 0 aromatic rings. The van der Waals surface area contributed by atoms with E-state index in [4.69, 9.17) is 9.11 Å². The van der Waals surface area contributed by atoms with Crippen LogP contribution in [0.25, 0.3) is 0 Å². The zero-order valence-corrected chi connectivity index (χ0v) is 4.98. The standard InChI is InChI=1S/H2O6S2/c1-7-5-6-8(2,3)4/h1H,(H,2,3,4). The molecule has 0 radical (unpaired) electrons. The lowest BCUT2D eigenvalue weighted by Crippen LogP contribution is -2.00. The molecule has 0 unspecified atom stereocenters. The van der Waals surface area contributed by atoms with Gasteiger partial charge in [-0.25, -0.2) is 0 Å². The molecule has 0 fully saturated rings. The van der Waals surface area contributed by atoms with Gasteiger partial charge in [-0.1, -0.05) is 4.33 Å². The molecule has 0 aliphatic rings. The highest BCUT2D eigenvalue weighted by molar-refractivity contribution is 7.89. The topological polar surface area (TPSA) is 93.1 Å². The summed E-state index contributed by atoms with van der Waals surface area (Å²) < 4.78 is 40.7. The van der Waals surface area contributed by atoms with Crippen LogP contribution in [0, 0.1) is 0 Å². The van der Waals surface area contributed by atoms with Crippen molar-refractivity contribution in [2.45, 2.75) is 0 Å². The van der Waals surface area contributed by atoms with Crippen LogP contribution in [0.1, 0.15) is 0 Å². The number of hydrogen-bond donors (Lipinski definition) is 2. The van der Waals surface area contributed by atoms with Gasteiger partial charge in [0.05, 0.1) is 0 Å². The van der Waals surface area contributed by atoms with Crippen LogP contribution in [0.5, 0.6) is 0 Å². The summed E-state index contributed by atoms with van der Waals surface area (Å²) in [6, 6.07) is 0. The van der Waals surface area contributed by atoms with E-state index in [2.05, 4.69) is 8.67 Å². The van der Waals surface area contributed by atoms with Gasteiger partial charge in [0.25, 0.3) is 0 Å². The van der Waals surface area contributed by atoms with Crippen LogP contribution in [0.3, 0.4) is 0 Å². The molecule has 8 heteroatoms. The lowest BCUT2D eigenvalue weighted by Gasteiger charge is -1.89. The van der Waals surface area contributed by atoms with E-state index in [9.17, 15) is 8.42 Å². The van der Waals surface area contributed by atoms with Crippen molar-refractivity contribution in [3.05, 3.63) is 0 Å². The molecule has 50 valence electrons. The molecule has 0 saturated heterocycles. The van der Waals surface area contributed by atoms with Crippen molar-refractivity contribution in [1.82, 2.24) is 0 Å². The molecule has 2 N–H and O–H groups in total. The fraction of sp³-hybridized carbons (Fsp3) is 0. The molecule has 0 aliphatic heterocycles. The summed E-state index contributed by atoms with van der Waals surface area (Å²) in [7, 11) is -4.59. The van der Waals surface area contributed by atoms with E-state index in [1.807, 2.05) is 0 Å². The summed E-state index contributed by atoms with van der Waals surface area (Å²) in [4.78, 5) is 0. The van der Waals surface area contributed by atoms with Gasteiger partial charge in [-0.15, -0.1) is 4.33 Å². The highest BCUT2D eigenvalue weighted by Crippen LogP contribution is 1.97. The molecule has 0 amide bonds. The summed E-state index contributed by atoms with van der Waals surface area (Å²) in [5, 5.41) is 0. The zero-order valence-electron chi connectivity index (χ0n) is 3.34. The molecule has 0 aliphatic carbocycles. The van der Waals surface area contributed by atoms with E-state index < -0.39 is 10.4 Å². The summed E-state index contributed by atoms with van der Waals surface area (Å²) in [5.41, 5.74) is 0. The van der Waals surface area contributed by atoms with Gasteiger partial charge in [-0.3, -0.25) is 4.55 Å². The molecule has 8 heavy (non-hydrogen) atoms. The maximum atomic E-state index is 9.47. The molecule has 0 bridgehead atoms. The van der Waals surface area contributed by atoms with Gasteiger partial charge in [-0.05, 0) is 0 Å². The van der Waals surface area contributed by atoms with Gasteiger partial charge in [0, 0.05) is 0 Å². The number of hydrogen-bond acceptors (Lipinski definition) is 6. The van der Waals surface area contributed by atoms with Gasteiger partial charge < -0.3 is 4.55 Å². The average Bonchev–Trinajstić information content (AvgIpc) is 1.59. The summed E-state index contributed by atoms with van der Waals surface area (Å²) >= 11 is -0.333.